The van der Waals surface area contributed by atoms with E-state index in [9.17, 15) is 8.42 Å². The highest BCUT2D eigenvalue weighted by Gasteiger charge is 2.39. The van der Waals surface area contributed by atoms with Gasteiger partial charge in [0.1, 0.15) is 6.33 Å². The third-order valence-corrected chi connectivity index (χ3v) is 7.90. The molecule has 1 aromatic carbocycles. The van der Waals surface area contributed by atoms with Crippen LogP contribution >= 0.6 is 0 Å². The summed E-state index contributed by atoms with van der Waals surface area (Å²) in [4.78, 5) is 0.366. The number of benzene rings is 1. The number of hydrogen-bond donors (Lipinski definition) is 0. The molecular weight excluding hydrogens is 360 g/mol. The number of rotatable bonds is 5. The van der Waals surface area contributed by atoms with Crippen LogP contribution in [0.15, 0.2) is 35.5 Å². The van der Waals surface area contributed by atoms with Gasteiger partial charge >= 0.3 is 0 Å². The van der Waals surface area contributed by atoms with Crippen LogP contribution in [0.4, 0.5) is 0 Å². The van der Waals surface area contributed by atoms with Crippen LogP contribution in [0.25, 0.3) is 0 Å². The number of nitrogens with zero attached hydrogens (tertiary/aromatic N) is 4. The molecule has 2 aliphatic rings. The molecule has 1 aliphatic heterocycles. The summed E-state index contributed by atoms with van der Waals surface area (Å²) in [6.45, 7) is 4.75. The van der Waals surface area contributed by atoms with Crippen LogP contribution < -0.4 is 0 Å². The maximum atomic E-state index is 13.3. The van der Waals surface area contributed by atoms with Gasteiger partial charge in [-0.15, -0.1) is 10.2 Å². The molecule has 6 nitrogen and oxygen atoms in total. The quantitative estimate of drug-likeness (QED) is 0.775. The van der Waals surface area contributed by atoms with Crippen molar-refractivity contribution in [1.29, 1.82) is 0 Å². The van der Waals surface area contributed by atoms with Gasteiger partial charge in [0, 0.05) is 12.6 Å². The highest BCUT2D eigenvalue weighted by molar-refractivity contribution is 7.89. The Morgan fingerprint density at radius 1 is 1.04 bits per heavy atom. The molecule has 1 saturated carbocycles. The van der Waals surface area contributed by atoms with Crippen LogP contribution in [-0.4, -0.2) is 34.0 Å². The van der Waals surface area contributed by atoms with Crippen molar-refractivity contribution in [3.8, 4) is 0 Å². The second-order valence-electron chi connectivity index (χ2n) is 8.03. The van der Waals surface area contributed by atoms with Gasteiger partial charge in [-0.1, -0.05) is 38.8 Å². The third kappa shape index (κ3) is 3.43. The molecule has 1 aromatic heterocycles. The van der Waals surface area contributed by atoms with Gasteiger partial charge in [0.05, 0.1) is 10.9 Å². The maximum absolute atomic E-state index is 13.3. The van der Waals surface area contributed by atoms with Crippen molar-refractivity contribution in [1.82, 2.24) is 19.1 Å². The molecule has 0 amide bonds. The van der Waals surface area contributed by atoms with Gasteiger partial charge in [-0.05, 0) is 49.3 Å². The van der Waals surface area contributed by atoms with E-state index in [0.717, 1.165) is 37.1 Å². The van der Waals surface area contributed by atoms with E-state index < -0.39 is 10.0 Å². The first-order valence-electron chi connectivity index (χ1n) is 9.99. The summed E-state index contributed by atoms with van der Waals surface area (Å²) in [6.07, 6.45) is 8.13. The van der Waals surface area contributed by atoms with E-state index in [1.165, 1.54) is 12.8 Å². The Morgan fingerprint density at radius 3 is 2.41 bits per heavy atom. The van der Waals surface area contributed by atoms with Crippen molar-refractivity contribution in [2.75, 3.05) is 6.54 Å². The molecule has 2 fully saturated rings. The van der Waals surface area contributed by atoms with Crippen molar-refractivity contribution in [3.63, 3.8) is 0 Å². The summed E-state index contributed by atoms with van der Waals surface area (Å²) < 4.78 is 30.4. The lowest BCUT2D eigenvalue weighted by Gasteiger charge is -2.25. The Bertz CT molecular complexity index is 883. The average Bonchev–Trinajstić information content (AvgIpc) is 3.41. The Kier molecular flexibility index (Phi) is 5.07. The van der Waals surface area contributed by atoms with Crippen LogP contribution in [0, 0.1) is 0 Å². The first kappa shape index (κ1) is 18.6. The maximum Gasteiger partial charge on any atom is 0.243 e. The predicted octanol–water partition coefficient (Wildman–Crippen LogP) is 4.04. The third-order valence-electron chi connectivity index (χ3n) is 5.97. The summed E-state index contributed by atoms with van der Waals surface area (Å²) in [6, 6.07) is 7.50. The Balaban J connectivity index is 1.64. The van der Waals surface area contributed by atoms with E-state index in [-0.39, 0.29) is 6.04 Å². The minimum Gasteiger partial charge on any atom is -0.313 e. The molecule has 0 radical (unpaired) electrons. The molecule has 0 spiro atoms. The molecule has 0 N–H and O–H groups in total. The second-order valence-corrected chi connectivity index (χ2v) is 9.92. The van der Waals surface area contributed by atoms with Gasteiger partial charge in [0.15, 0.2) is 5.82 Å². The minimum atomic E-state index is -3.54. The molecule has 1 saturated heterocycles. The van der Waals surface area contributed by atoms with Gasteiger partial charge in [-0.2, -0.15) is 4.31 Å². The number of aromatic nitrogens is 3. The molecule has 1 aliphatic carbocycles. The molecule has 4 rings (SSSR count). The summed E-state index contributed by atoms with van der Waals surface area (Å²) in [5, 5.41) is 8.47. The molecule has 7 heteroatoms. The standard InChI is InChI=1S/C20H28N4O2S/c1-15(2)16-9-11-18(12-10-16)27(25,26)24-13-5-8-19(24)20-22-21-14-23(20)17-6-3-4-7-17/h9-12,14-15,17,19H,3-8,13H2,1-2H3. The first-order chi connectivity index (χ1) is 13.0. The lowest BCUT2D eigenvalue weighted by Crippen LogP contribution is -2.32. The SMILES string of the molecule is CC(C)c1ccc(S(=O)(=O)N2CCCC2c2nncn2C2CCCC2)cc1. The average molecular weight is 389 g/mol. The lowest BCUT2D eigenvalue weighted by molar-refractivity contribution is 0.359. The zero-order chi connectivity index (χ0) is 19.0. The Labute approximate surface area is 161 Å². The molecular formula is C20H28N4O2S. The van der Waals surface area contributed by atoms with Gasteiger partial charge in [0.2, 0.25) is 10.0 Å². The summed E-state index contributed by atoms with van der Waals surface area (Å²) in [5.41, 5.74) is 1.15. The Hall–Kier alpha value is -1.73. The zero-order valence-electron chi connectivity index (χ0n) is 16.1. The summed E-state index contributed by atoms with van der Waals surface area (Å²) in [5.74, 6) is 1.19. The van der Waals surface area contributed by atoms with Crippen molar-refractivity contribution < 1.29 is 8.42 Å². The van der Waals surface area contributed by atoms with Gasteiger partial charge in [-0.3, -0.25) is 0 Å². The molecule has 2 heterocycles. The molecule has 2 aromatic rings. The monoisotopic (exact) mass is 388 g/mol. The highest BCUT2D eigenvalue weighted by atomic mass is 32.2. The van der Waals surface area contributed by atoms with Crippen LogP contribution in [-0.2, 0) is 10.0 Å². The molecule has 1 unspecified atom stereocenters. The van der Waals surface area contributed by atoms with Gasteiger partial charge in [0.25, 0.3) is 0 Å². The predicted molar refractivity (Wildman–Crippen MR) is 104 cm³/mol. The van der Waals surface area contributed by atoms with E-state index >= 15 is 0 Å². The second kappa shape index (κ2) is 7.36. The minimum absolute atomic E-state index is 0.220. The fourth-order valence-electron chi connectivity index (χ4n) is 4.40. The molecule has 27 heavy (non-hydrogen) atoms. The smallest absolute Gasteiger partial charge is 0.243 e. The fourth-order valence-corrected chi connectivity index (χ4v) is 6.05. The number of hydrogen-bond acceptors (Lipinski definition) is 4. The van der Waals surface area contributed by atoms with Crippen molar-refractivity contribution in [2.24, 2.45) is 0 Å². The molecule has 1 atom stereocenters. The van der Waals surface area contributed by atoms with E-state index in [1.54, 1.807) is 22.8 Å². The van der Waals surface area contributed by atoms with Crippen LogP contribution in [0.3, 0.4) is 0 Å². The normalized spacial score (nSPS) is 22.1. The van der Waals surface area contributed by atoms with Gasteiger partial charge in [-0.25, -0.2) is 8.42 Å². The fraction of sp³-hybridized carbons (Fsp3) is 0.600. The van der Waals surface area contributed by atoms with Crippen LogP contribution in [0.1, 0.15) is 81.8 Å². The van der Waals surface area contributed by atoms with Crippen LogP contribution in [0.5, 0.6) is 0 Å². The summed E-state index contributed by atoms with van der Waals surface area (Å²) in [7, 11) is -3.54. The van der Waals surface area contributed by atoms with Crippen molar-refractivity contribution in [3.05, 3.63) is 42.0 Å². The van der Waals surface area contributed by atoms with E-state index in [1.807, 2.05) is 12.1 Å². The largest absolute Gasteiger partial charge is 0.313 e. The van der Waals surface area contributed by atoms with Gasteiger partial charge < -0.3 is 4.57 Å². The zero-order valence-corrected chi connectivity index (χ0v) is 16.9. The van der Waals surface area contributed by atoms with Crippen molar-refractivity contribution >= 4 is 10.0 Å². The lowest BCUT2D eigenvalue weighted by atomic mass is 10.0. The first-order valence-corrected chi connectivity index (χ1v) is 11.4. The van der Waals surface area contributed by atoms with Crippen LogP contribution in [0.2, 0.25) is 0 Å². The molecule has 0 bridgehead atoms. The number of sulfonamides is 1. The van der Waals surface area contributed by atoms with E-state index in [4.69, 9.17) is 0 Å². The topological polar surface area (TPSA) is 68.1 Å². The van der Waals surface area contributed by atoms with Crippen molar-refractivity contribution in [2.45, 2.75) is 75.3 Å². The Morgan fingerprint density at radius 2 is 1.74 bits per heavy atom. The highest BCUT2D eigenvalue weighted by Crippen LogP contribution is 2.38. The van der Waals surface area contributed by atoms with E-state index in [0.29, 0.717) is 23.4 Å². The van der Waals surface area contributed by atoms with E-state index in [2.05, 4.69) is 28.6 Å². The molecule has 146 valence electrons. The summed E-state index contributed by atoms with van der Waals surface area (Å²) >= 11 is 0.